The number of rotatable bonds is 6. The average molecular weight is 474 g/mol. The molecule has 0 radical (unpaired) electrons. The topological polar surface area (TPSA) is 70.5 Å². The van der Waals surface area contributed by atoms with Crippen LogP contribution in [0.2, 0.25) is 0 Å². The summed E-state index contributed by atoms with van der Waals surface area (Å²) in [5.41, 5.74) is 2.66. The Labute approximate surface area is 202 Å². The van der Waals surface area contributed by atoms with Crippen molar-refractivity contribution in [3.63, 3.8) is 0 Å². The monoisotopic (exact) mass is 473 g/mol. The molecule has 1 fully saturated rings. The fourth-order valence-corrected chi connectivity index (χ4v) is 5.18. The third-order valence-corrected chi connectivity index (χ3v) is 7.15. The van der Waals surface area contributed by atoms with E-state index in [9.17, 15) is 9.59 Å². The Morgan fingerprint density at radius 3 is 2.47 bits per heavy atom. The maximum Gasteiger partial charge on any atom is 0.251 e. The van der Waals surface area contributed by atoms with Gasteiger partial charge in [-0.15, -0.1) is 0 Å². The molecule has 1 unspecified atom stereocenters. The zero-order valence-corrected chi connectivity index (χ0v) is 19.9. The smallest absolute Gasteiger partial charge is 0.251 e. The van der Waals surface area contributed by atoms with Crippen molar-refractivity contribution in [2.75, 3.05) is 26.2 Å². The molecule has 3 heterocycles. The van der Waals surface area contributed by atoms with Crippen LogP contribution in [0.4, 0.5) is 0 Å². The zero-order valence-electron chi connectivity index (χ0n) is 19.1. The lowest BCUT2D eigenvalue weighted by Crippen LogP contribution is -2.53. The molecule has 1 N–H and O–H groups in total. The molecule has 2 aromatic heterocycles. The van der Waals surface area contributed by atoms with Gasteiger partial charge in [0.2, 0.25) is 5.91 Å². The van der Waals surface area contributed by atoms with Gasteiger partial charge in [-0.05, 0) is 42.8 Å². The van der Waals surface area contributed by atoms with Gasteiger partial charge in [-0.1, -0.05) is 41.7 Å². The maximum atomic E-state index is 13.0. The number of carbonyl (C=O) groups is 2. The highest BCUT2D eigenvalue weighted by Crippen LogP contribution is 2.26. The summed E-state index contributed by atoms with van der Waals surface area (Å²) < 4.78 is 2.88. The van der Waals surface area contributed by atoms with Gasteiger partial charge >= 0.3 is 0 Å². The molecule has 2 aromatic carbocycles. The molecule has 34 heavy (non-hydrogen) atoms. The fourth-order valence-electron chi connectivity index (χ4n) is 4.21. The quantitative estimate of drug-likeness (QED) is 0.465. The molecule has 0 spiro atoms. The molecule has 5 rings (SSSR count). The van der Waals surface area contributed by atoms with Crippen LogP contribution in [-0.4, -0.2) is 63.4 Å². The van der Waals surface area contributed by atoms with Gasteiger partial charge in [0.1, 0.15) is 6.04 Å². The lowest BCUT2D eigenvalue weighted by atomic mass is 10.1. The van der Waals surface area contributed by atoms with Crippen LogP contribution in [0.3, 0.4) is 0 Å². The van der Waals surface area contributed by atoms with Crippen LogP contribution in [0, 0.1) is 0 Å². The Bertz CT molecular complexity index is 1280. The molecular weight excluding hydrogens is 446 g/mol. The third-order valence-electron chi connectivity index (χ3n) is 6.12. The van der Waals surface area contributed by atoms with Gasteiger partial charge in [0.05, 0.1) is 10.2 Å². The molecule has 0 bridgehead atoms. The van der Waals surface area contributed by atoms with Crippen molar-refractivity contribution in [1.29, 1.82) is 0 Å². The van der Waals surface area contributed by atoms with Gasteiger partial charge in [0.25, 0.3) is 5.91 Å². The minimum absolute atomic E-state index is 0.0403. The molecule has 4 aromatic rings. The number of carbonyl (C=O) groups excluding carboxylic acids is 2. The van der Waals surface area contributed by atoms with E-state index in [0.717, 1.165) is 35.0 Å². The van der Waals surface area contributed by atoms with E-state index in [-0.39, 0.29) is 11.8 Å². The summed E-state index contributed by atoms with van der Waals surface area (Å²) in [5.74, 6) is -0.289. The number of fused-ring (bicyclic) bond motifs is 1. The van der Waals surface area contributed by atoms with Gasteiger partial charge in [-0.25, -0.2) is 4.98 Å². The van der Waals surface area contributed by atoms with Crippen molar-refractivity contribution in [2.45, 2.75) is 19.5 Å². The summed E-state index contributed by atoms with van der Waals surface area (Å²) in [4.78, 5) is 34.7. The van der Waals surface area contributed by atoms with Crippen molar-refractivity contribution in [2.24, 2.45) is 0 Å². The zero-order chi connectivity index (χ0) is 23.5. The van der Waals surface area contributed by atoms with E-state index in [1.54, 1.807) is 13.0 Å². The number of piperazine rings is 1. The summed E-state index contributed by atoms with van der Waals surface area (Å²) in [6.45, 7) is 5.63. The number of nitrogens with one attached hydrogen (secondary N) is 1. The number of aromatic nitrogens is 2. The predicted molar refractivity (Wildman–Crippen MR) is 134 cm³/mol. The van der Waals surface area contributed by atoms with Crippen LogP contribution in [0.25, 0.3) is 15.3 Å². The summed E-state index contributed by atoms with van der Waals surface area (Å²) >= 11 is 1.53. The van der Waals surface area contributed by atoms with Gasteiger partial charge in [-0.2, -0.15) is 0 Å². The third kappa shape index (κ3) is 4.88. The van der Waals surface area contributed by atoms with Crippen LogP contribution in [0.5, 0.6) is 0 Å². The van der Waals surface area contributed by atoms with E-state index < -0.39 is 6.04 Å². The van der Waals surface area contributed by atoms with E-state index in [1.807, 2.05) is 64.3 Å². The number of benzene rings is 2. The summed E-state index contributed by atoms with van der Waals surface area (Å²) in [6, 6.07) is 19.1. The van der Waals surface area contributed by atoms with Crippen molar-refractivity contribution >= 4 is 33.4 Å². The van der Waals surface area contributed by atoms with Crippen molar-refractivity contribution < 1.29 is 9.59 Å². The average Bonchev–Trinajstić information content (AvgIpc) is 3.54. The van der Waals surface area contributed by atoms with Crippen LogP contribution < -0.4 is 5.32 Å². The lowest BCUT2D eigenvalue weighted by molar-refractivity contribution is -0.134. The first-order valence-corrected chi connectivity index (χ1v) is 12.3. The van der Waals surface area contributed by atoms with Crippen LogP contribution in [-0.2, 0) is 11.3 Å². The first-order chi connectivity index (χ1) is 16.6. The molecular formula is C26H27N5O2S. The number of thiazole rings is 1. The molecule has 8 heteroatoms. The largest absolute Gasteiger partial charge is 0.341 e. The van der Waals surface area contributed by atoms with Crippen LogP contribution in [0.1, 0.15) is 22.8 Å². The lowest BCUT2D eigenvalue weighted by Gasteiger charge is -2.36. The molecule has 1 atom stereocenters. The van der Waals surface area contributed by atoms with E-state index in [4.69, 9.17) is 0 Å². The predicted octanol–water partition coefficient (Wildman–Crippen LogP) is 3.55. The molecule has 7 nitrogen and oxygen atoms in total. The normalized spacial score (nSPS) is 15.4. The molecule has 1 aliphatic rings. The molecule has 1 saturated heterocycles. The number of amides is 2. The van der Waals surface area contributed by atoms with Crippen LogP contribution >= 0.6 is 11.3 Å². The number of hydrogen-bond donors (Lipinski definition) is 1. The highest BCUT2D eigenvalue weighted by molar-refractivity contribution is 7.20. The fraction of sp³-hybridized carbons (Fsp3) is 0.269. The first kappa shape index (κ1) is 22.3. The Kier molecular flexibility index (Phi) is 6.42. The van der Waals surface area contributed by atoms with E-state index in [1.165, 1.54) is 16.9 Å². The van der Waals surface area contributed by atoms with Crippen LogP contribution in [0.15, 0.2) is 73.1 Å². The Morgan fingerprint density at radius 2 is 1.74 bits per heavy atom. The maximum absolute atomic E-state index is 13.0. The van der Waals surface area contributed by atoms with Gasteiger partial charge in [0, 0.05) is 50.7 Å². The van der Waals surface area contributed by atoms with Gasteiger partial charge < -0.3 is 14.8 Å². The molecule has 1 aliphatic heterocycles. The number of hydrogen-bond acceptors (Lipinski definition) is 5. The van der Waals surface area contributed by atoms with Gasteiger partial charge in [-0.3, -0.25) is 14.5 Å². The van der Waals surface area contributed by atoms with E-state index >= 15 is 0 Å². The SMILES string of the molecule is CC(NC(=O)c1ccc2nc(-n3cccc3)sc2c1)C(=O)N1CCN(Cc2ccccc2)CC1. The van der Waals surface area contributed by atoms with E-state index in [2.05, 4.69) is 27.3 Å². The first-order valence-electron chi connectivity index (χ1n) is 11.5. The molecule has 2 amide bonds. The van der Waals surface area contributed by atoms with Crippen molar-refractivity contribution in [3.8, 4) is 5.13 Å². The molecule has 0 aliphatic carbocycles. The summed E-state index contributed by atoms with van der Waals surface area (Å²) in [5, 5.41) is 3.73. The summed E-state index contributed by atoms with van der Waals surface area (Å²) in [7, 11) is 0. The Morgan fingerprint density at radius 1 is 1.00 bits per heavy atom. The Hall–Kier alpha value is -3.49. The minimum Gasteiger partial charge on any atom is -0.341 e. The van der Waals surface area contributed by atoms with Gasteiger partial charge in [0.15, 0.2) is 5.13 Å². The second-order valence-electron chi connectivity index (χ2n) is 8.55. The second kappa shape index (κ2) is 9.79. The highest BCUT2D eigenvalue weighted by atomic mass is 32.1. The minimum atomic E-state index is -0.583. The highest BCUT2D eigenvalue weighted by Gasteiger charge is 2.26. The number of nitrogens with zero attached hydrogens (tertiary/aromatic N) is 4. The van der Waals surface area contributed by atoms with Crippen molar-refractivity contribution in [3.05, 3.63) is 84.2 Å². The van der Waals surface area contributed by atoms with Crippen molar-refractivity contribution in [1.82, 2.24) is 24.7 Å². The molecule has 174 valence electrons. The standard InChI is InChI=1S/C26H27N5O2S/c1-19(25(33)30-15-13-29(14-16-30)18-20-7-3-2-4-8-20)27-24(32)21-9-10-22-23(17-21)34-26(28-22)31-11-5-6-12-31/h2-12,17,19H,13-16,18H2,1H3,(H,27,32). The Balaban J connectivity index is 1.17. The summed E-state index contributed by atoms with van der Waals surface area (Å²) in [6.07, 6.45) is 3.89. The molecule has 0 saturated carbocycles. The van der Waals surface area contributed by atoms with E-state index in [0.29, 0.717) is 18.7 Å². The second-order valence-corrected chi connectivity index (χ2v) is 9.56.